The maximum absolute atomic E-state index is 14.6. The first-order chi connectivity index (χ1) is 23.2. The molecule has 0 bridgehead atoms. The van der Waals surface area contributed by atoms with Crippen LogP contribution in [0, 0.1) is 11.8 Å². The zero-order valence-corrected chi connectivity index (χ0v) is 25.9. The van der Waals surface area contributed by atoms with Gasteiger partial charge in [0.1, 0.15) is 23.7 Å². The molecule has 0 amide bonds. The molecule has 3 rings (SSSR count). The van der Waals surface area contributed by atoms with Crippen molar-refractivity contribution in [1.82, 2.24) is 0 Å². The Bertz CT molecular complexity index is 1890. The van der Waals surface area contributed by atoms with Crippen molar-refractivity contribution in [3.05, 3.63) is 133 Å². The molecular formula is C37H27F3O9. The summed E-state index contributed by atoms with van der Waals surface area (Å²) < 4.78 is 69.8. The van der Waals surface area contributed by atoms with Gasteiger partial charge in [-0.15, -0.1) is 0 Å². The molecule has 3 aromatic rings. The average Bonchev–Trinajstić information content (AvgIpc) is 3.06. The normalized spacial score (nSPS) is 10.5. The number of esters is 4. The molecule has 3 aromatic carbocycles. The molecule has 0 saturated heterocycles. The molecule has 0 aliphatic rings. The van der Waals surface area contributed by atoms with Gasteiger partial charge in [0.15, 0.2) is 11.5 Å². The molecule has 0 unspecified atom stereocenters. The zero-order chi connectivity index (χ0) is 36.1. The lowest BCUT2D eigenvalue weighted by Gasteiger charge is -2.20. The number of rotatable bonds is 12. The maximum Gasteiger partial charge on any atom is 0.421 e. The zero-order valence-electron chi connectivity index (χ0n) is 25.9. The van der Waals surface area contributed by atoms with Crippen molar-refractivity contribution in [2.75, 3.05) is 6.61 Å². The molecule has 250 valence electrons. The Morgan fingerprint density at radius 2 is 1.31 bits per heavy atom. The van der Waals surface area contributed by atoms with Gasteiger partial charge < -0.3 is 23.7 Å². The van der Waals surface area contributed by atoms with E-state index in [0.717, 1.165) is 18.2 Å². The number of carbonyl (C=O) groups is 4. The SMILES string of the molecule is C=CC(=O)Oc1ccc(C=CCOc2c(OC(=O)C=C)cc(C#Cc3ccc(OC(=O)C(=C)C)cc3)c(C(F)(F)F)c2OC(=O)C=C)cc1. The molecule has 0 saturated carbocycles. The highest BCUT2D eigenvalue weighted by molar-refractivity contribution is 5.89. The van der Waals surface area contributed by atoms with E-state index in [0.29, 0.717) is 11.6 Å². The summed E-state index contributed by atoms with van der Waals surface area (Å²) in [6.07, 6.45) is 0.200. The van der Waals surface area contributed by atoms with Crippen molar-refractivity contribution in [2.45, 2.75) is 13.1 Å². The van der Waals surface area contributed by atoms with Crippen LogP contribution in [-0.2, 0) is 25.4 Å². The Labute approximate surface area is 279 Å². The topological polar surface area (TPSA) is 114 Å². The first-order valence-electron chi connectivity index (χ1n) is 14.0. The number of hydrogen-bond donors (Lipinski definition) is 0. The van der Waals surface area contributed by atoms with Crippen molar-refractivity contribution in [3.63, 3.8) is 0 Å². The predicted molar refractivity (Wildman–Crippen MR) is 173 cm³/mol. The molecule has 0 aliphatic carbocycles. The number of benzene rings is 3. The van der Waals surface area contributed by atoms with E-state index in [1.54, 1.807) is 18.2 Å². The van der Waals surface area contributed by atoms with Gasteiger partial charge in [0.25, 0.3) is 0 Å². The van der Waals surface area contributed by atoms with Crippen LogP contribution in [0.3, 0.4) is 0 Å². The van der Waals surface area contributed by atoms with Crippen LogP contribution in [-0.4, -0.2) is 30.5 Å². The summed E-state index contributed by atoms with van der Waals surface area (Å²) in [4.78, 5) is 47.6. The van der Waals surface area contributed by atoms with E-state index < -0.39 is 65.0 Å². The van der Waals surface area contributed by atoms with Crippen LogP contribution < -0.4 is 23.7 Å². The largest absolute Gasteiger partial charge is 0.482 e. The van der Waals surface area contributed by atoms with Crippen LogP contribution in [0.5, 0.6) is 28.7 Å². The van der Waals surface area contributed by atoms with Crippen LogP contribution in [0.4, 0.5) is 13.2 Å². The minimum absolute atomic E-state index is 0.147. The minimum Gasteiger partial charge on any atom is -0.482 e. The van der Waals surface area contributed by atoms with Crippen molar-refractivity contribution in [3.8, 4) is 40.6 Å². The molecule has 12 heteroatoms. The predicted octanol–water partition coefficient (Wildman–Crippen LogP) is 6.95. The van der Waals surface area contributed by atoms with E-state index in [4.69, 9.17) is 23.7 Å². The van der Waals surface area contributed by atoms with E-state index >= 15 is 0 Å². The van der Waals surface area contributed by atoms with Gasteiger partial charge in [-0.2, -0.15) is 13.2 Å². The van der Waals surface area contributed by atoms with Crippen molar-refractivity contribution in [1.29, 1.82) is 0 Å². The maximum atomic E-state index is 14.6. The van der Waals surface area contributed by atoms with E-state index in [2.05, 4.69) is 38.2 Å². The lowest BCUT2D eigenvalue weighted by Crippen LogP contribution is -2.17. The Kier molecular flexibility index (Phi) is 12.6. The van der Waals surface area contributed by atoms with Gasteiger partial charge in [-0.3, -0.25) is 0 Å². The van der Waals surface area contributed by atoms with Crippen molar-refractivity contribution < 1.29 is 56.0 Å². The Hall–Kier alpha value is -6.61. The fourth-order valence-corrected chi connectivity index (χ4v) is 3.66. The highest BCUT2D eigenvalue weighted by atomic mass is 19.4. The smallest absolute Gasteiger partial charge is 0.421 e. The van der Waals surface area contributed by atoms with Gasteiger partial charge in [-0.25, -0.2) is 19.2 Å². The summed E-state index contributed by atoms with van der Waals surface area (Å²) in [6, 6.07) is 12.5. The summed E-state index contributed by atoms with van der Waals surface area (Å²) in [5.74, 6) is -0.718. The molecule has 9 nitrogen and oxygen atoms in total. The second-order valence-corrected chi connectivity index (χ2v) is 9.56. The lowest BCUT2D eigenvalue weighted by atomic mass is 10.0. The van der Waals surface area contributed by atoms with Crippen LogP contribution in [0.15, 0.2) is 111 Å². The second kappa shape index (κ2) is 16.8. The highest BCUT2D eigenvalue weighted by Gasteiger charge is 2.41. The number of carbonyl (C=O) groups excluding carboxylic acids is 4. The monoisotopic (exact) mass is 672 g/mol. The van der Waals surface area contributed by atoms with Crippen molar-refractivity contribution >= 4 is 30.0 Å². The minimum atomic E-state index is -5.16. The quantitative estimate of drug-likeness (QED) is 0.0873. The molecule has 0 radical (unpaired) electrons. The van der Waals surface area contributed by atoms with Crippen LogP contribution in [0.2, 0.25) is 0 Å². The molecule has 0 spiro atoms. The average molecular weight is 673 g/mol. The summed E-state index contributed by atoms with van der Waals surface area (Å²) in [5, 5.41) is 0. The molecular weight excluding hydrogens is 645 g/mol. The van der Waals surface area contributed by atoms with E-state index in [1.807, 2.05) is 0 Å². The Balaban J connectivity index is 2.07. The molecule has 0 N–H and O–H groups in total. The van der Waals surface area contributed by atoms with E-state index in [1.165, 1.54) is 49.4 Å². The summed E-state index contributed by atoms with van der Waals surface area (Å²) in [7, 11) is 0. The third-order valence-corrected chi connectivity index (χ3v) is 5.89. The summed E-state index contributed by atoms with van der Waals surface area (Å²) in [5.41, 5.74) is -1.25. The van der Waals surface area contributed by atoms with Crippen LogP contribution in [0.25, 0.3) is 6.08 Å². The van der Waals surface area contributed by atoms with Gasteiger partial charge in [-0.05, 0) is 55.0 Å². The van der Waals surface area contributed by atoms with E-state index in [-0.39, 0.29) is 22.6 Å². The molecule has 0 aliphatic heterocycles. The van der Waals surface area contributed by atoms with Gasteiger partial charge in [0.05, 0.1) is 0 Å². The number of alkyl halides is 3. The first-order valence-corrected chi connectivity index (χ1v) is 14.0. The molecule has 0 atom stereocenters. The van der Waals surface area contributed by atoms with Crippen LogP contribution in [0.1, 0.15) is 29.2 Å². The second-order valence-electron chi connectivity index (χ2n) is 9.56. The Morgan fingerprint density at radius 3 is 1.88 bits per heavy atom. The summed E-state index contributed by atoms with van der Waals surface area (Å²) in [6.45, 7) is 14.4. The molecule has 0 aromatic heterocycles. The fourth-order valence-electron chi connectivity index (χ4n) is 3.66. The molecule has 0 fully saturated rings. The third kappa shape index (κ3) is 10.7. The number of hydrogen-bond acceptors (Lipinski definition) is 9. The van der Waals surface area contributed by atoms with Crippen LogP contribution >= 0.6 is 0 Å². The van der Waals surface area contributed by atoms with Gasteiger partial charge in [-0.1, -0.05) is 56.4 Å². The van der Waals surface area contributed by atoms with E-state index in [9.17, 15) is 32.3 Å². The number of halogens is 3. The highest BCUT2D eigenvalue weighted by Crippen LogP contribution is 2.49. The Morgan fingerprint density at radius 1 is 0.755 bits per heavy atom. The lowest BCUT2D eigenvalue weighted by molar-refractivity contribution is -0.141. The third-order valence-electron chi connectivity index (χ3n) is 5.89. The van der Waals surface area contributed by atoms with Crippen molar-refractivity contribution in [2.24, 2.45) is 0 Å². The van der Waals surface area contributed by atoms with Gasteiger partial charge in [0, 0.05) is 41.0 Å². The molecule has 49 heavy (non-hydrogen) atoms. The van der Waals surface area contributed by atoms with Gasteiger partial charge in [0.2, 0.25) is 5.75 Å². The first kappa shape index (κ1) is 36.9. The number of ether oxygens (including phenoxy) is 5. The standard InChI is InChI=1S/C37H27F3O9/c1-6-30(41)46-27-17-12-24(13-18-27)10-9-21-45-34-29(48-31(42)7-2)22-26(33(37(38,39)40)35(34)49-32(43)8-3)16-11-25-14-19-28(20-15-25)47-36(44)23(4)5/h6-10,12-15,17-20,22H,1-4,21H2,5H3. The molecule has 0 heterocycles. The summed E-state index contributed by atoms with van der Waals surface area (Å²) >= 11 is 0. The van der Waals surface area contributed by atoms with Gasteiger partial charge >= 0.3 is 30.1 Å². The fraction of sp³-hybridized carbons (Fsp3) is 0.0811.